The first-order valence-electron chi connectivity index (χ1n) is 6.71. The summed E-state index contributed by atoms with van der Waals surface area (Å²) in [4.78, 5) is 13.9. The van der Waals surface area contributed by atoms with Crippen molar-refractivity contribution < 1.29 is 9.53 Å². The second-order valence-electron chi connectivity index (χ2n) is 5.09. The second kappa shape index (κ2) is 7.31. The van der Waals surface area contributed by atoms with Gasteiger partial charge in [-0.25, -0.2) is 0 Å². The van der Waals surface area contributed by atoms with Crippen LogP contribution in [0.15, 0.2) is 12.1 Å². The van der Waals surface area contributed by atoms with Crippen molar-refractivity contribution in [2.45, 2.75) is 39.8 Å². The van der Waals surface area contributed by atoms with Crippen LogP contribution in [0, 0.1) is 28.7 Å². The molecule has 0 N–H and O–H groups in total. The Kier molecular flexibility index (Phi) is 5.75. The van der Waals surface area contributed by atoms with E-state index >= 15 is 0 Å². The molecule has 0 saturated heterocycles. The molecule has 5 heteroatoms. The Morgan fingerprint density at radius 2 is 1.90 bits per heavy atom. The Labute approximate surface area is 125 Å². The molecule has 21 heavy (non-hydrogen) atoms. The van der Waals surface area contributed by atoms with Gasteiger partial charge >= 0.3 is 0 Å². The Morgan fingerprint density at radius 1 is 1.29 bits per heavy atom. The molecule has 109 valence electrons. The van der Waals surface area contributed by atoms with Gasteiger partial charge in [0.05, 0.1) is 5.56 Å². The van der Waals surface area contributed by atoms with E-state index in [0.29, 0.717) is 0 Å². The Hall–Kier alpha value is -2.53. The van der Waals surface area contributed by atoms with Crippen molar-refractivity contribution in [1.82, 2.24) is 4.90 Å². The second-order valence-corrected chi connectivity index (χ2v) is 5.09. The summed E-state index contributed by atoms with van der Waals surface area (Å²) < 4.78 is 5.43. The number of hydrogen-bond donors (Lipinski definition) is 0. The van der Waals surface area contributed by atoms with E-state index < -0.39 is 0 Å². The number of carbonyl (C=O) groups is 1. The predicted octanol–water partition coefficient (Wildman–Crippen LogP) is 2.25. The number of benzene rings is 1. The molecular weight excluding hydrogens is 266 g/mol. The average molecular weight is 284 g/mol. The SMILES string of the molecule is CC(C)N(C(=O)COc1cc[c]c(C#N)c1C#N)C(C)C. The van der Waals surface area contributed by atoms with E-state index in [0.717, 1.165) is 0 Å². The minimum absolute atomic E-state index is 0.0651. The first kappa shape index (κ1) is 16.5. The molecule has 1 aromatic carbocycles. The highest BCUT2D eigenvalue weighted by Gasteiger charge is 2.21. The van der Waals surface area contributed by atoms with Crippen LogP contribution in [0.3, 0.4) is 0 Å². The monoisotopic (exact) mass is 284 g/mol. The molecule has 0 aromatic heterocycles. The molecule has 0 spiro atoms. The minimum atomic E-state index is -0.167. The highest BCUT2D eigenvalue weighted by atomic mass is 16.5. The molecular formula is C16H18N3O2. The molecule has 1 radical (unpaired) electrons. The van der Waals surface area contributed by atoms with Gasteiger partial charge in [-0.2, -0.15) is 10.5 Å². The van der Waals surface area contributed by atoms with Gasteiger partial charge in [-0.15, -0.1) is 0 Å². The largest absolute Gasteiger partial charge is 0.482 e. The zero-order chi connectivity index (χ0) is 16.0. The third kappa shape index (κ3) is 3.97. The molecule has 0 fully saturated rings. The highest BCUT2D eigenvalue weighted by Crippen LogP contribution is 2.21. The molecule has 0 aliphatic rings. The first-order chi connectivity index (χ1) is 9.92. The van der Waals surface area contributed by atoms with Crippen LogP contribution < -0.4 is 4.74 Å². The topological polar surface area (TPSA) is 77.1 Å². The lowest BCUT2D eigenvalue weighted by Crippen LogP contribution is -2.44. The van der Waals surface area contributed by atoms with Gasteiger partial charge in [0.2, 0.25) is 0 Å². The third-order valence-electron chi connectivity index (χ3n) is 2.93. The molecule has 1 rings (SSSR count). The Morgan fingerprint density at radius 3 is 2.38 bits per heavy atom. The fourth-order valence-electron chi connectivity index (χ4n) is 2.19. The van der Waals surface area contributed by atoms with Crippen LogP contribution in [0.4, 0.5) is 0 Å². The van der Waals surface area contributed by atoms with Gasteiger partial charge in [0.15, 0.2) is 6.61 Å². The third-order valence-corrected chi connectivity index (χ3v) is 2.93. The van der Waals surface area contributed by atoms with E-state index in [4.69, 9.17) is 15.3 Å². The molecule has 0 aliphatic carbocycles. The van der Waals surface area contributed by atoms with Crippen molar-refractivity contribution in [1.29, 1.82) is 10.5 Å². The van der Waals surface area contributed by atoms with Gasteiger partial charge in [-0.1, -0.05) is 0 Å². The van der Waals surface area contributed by atoms with Crippen LogP contribution in [0.1, 0.15) is 38.8 Å². The van der Waals surface area contributed by atoms with Gasteiger partial charge in [-0.05, 0) is 39.8 Å². The maximum atomic E-state index is 12.2. The van der Waals surface area contributed by atoms with E-state index in [1.54, 1.807) is 4.90 Å². The quantitative estimate of drug-likeness (QED) is 0.831. The summed E-state index contributed by atoms with van der Waals surface area (Å²) in [5.74, 6) is 0.0730. The lowest BCUT2D eigenvalue weighted by Gasteiger charge is -2.30. The minimum Gasteiger partial charge on any atom is -0.482 e. The standard InChI is InChI=1S/C16H18N3O2/c1-11(2)19(12(3)4)16(20)10-21-15-7-5-6-13(8-17)14(15)9-18/h5,7,11-12H,10H2,1-4H3. The molecule has 1 aromatic rings. The number of ether oxygens (including phenoxy) is 1. The van der Waals surface area contributed by atoms with Gasteiger partial charge in [-0.3, -0.25) is 4.79 Å². The van der Waals surface area contributed by atoms with E-state index in [1.165, 1.54) is 12.1 Å². The van der Waals surface area contributed by atoms with Crippen molar-refractivity contribution in [2.24, 2.45) is 0 Å². The molecule has 5 nitrogen and oxygen atoms in total. The number of amides is 1. The molecule has 0 bridgehead atoms. The van der Waals surface area contributed by atoms with E-state index in [1.807, 2.05) is 39.8 Å². The Balaban J connectivity index is 2.88. The summed E-state index contributed by atoms with van der Waals surface area (Å²) in [7, 11) is 0. The lowest BCUT2D eigenvalue weighted by atomic mass is 10.1. The summed E-state index contributed by atoms with van der Waals surface area (Å²) in [6, 6.07) is 9.62. The summed E-state index contributed by atoms with van der Waals surface area (Å²) in [6.45, 7) is 7.57. The van der Waals surface area contributed by atoms with Crippen molar-refractivity contribution in [3.05, 3.63) is 29.3 Å². The number of rotatable bonds is 5. The van der Waals surface area contributed by atoms with Crippen LogP contribution in [0.5, 0.6) is 5.75 Å². The van der Waals surface area contributed by atoms with Crippen molar-refractivity contribution in [2.75, 3.05) is 6.61 Å². The lowest BCUT2D eigenvalue weighted by molar-refractivity contribution is -0.136. The Bertz CT molecular complexity index is 587. The zero-order valence-electron chi connectivity index (χ0n) is 12.7. The average Bonchev–Trinajstić information content (AvgIpc) is 2.43. The zero-order valence-corrected chi connectivity index (χ0v) is 12.7. The molecule has 0 aliphatic heterocycles. The molecule has 0 heterocycles. The number of carbonyl (C=O) groups excluding carboxylic acids is 1. The van der Waals surface area contributed by atoms with Crippen LogP contribution in [-0.2, 0) is 4.79 Å². The normalized spacial score (nSPS) is 10.1. The highest BCUT2D eigenvalue weighted by molar-refractivity contribution is 5.78. The van der Waals surface area contributed by atoms with E-state index in [9.17, 15) is 4.79 Å². The van der Waals surface area contributed by atoms with Crippen LogP contribution in [0.25, 0.3) is 0 Å². The van der Waals surface area contributed by atoms with E-state index in [-0.39, 0.29) is 41.5 Å². The van der Waals surface area contributed by atoms with Crippen LogP contribution >= 0.6 is 0 Å². The van der Waals surface area contributed by atoms with Crippen molar-refractivity contribution in [3.8, 4) is 17.9 Å². The molecule has 0 atom stereocenters. The summed E-state index contributed by atoms with van der Waals surface area (Å²) >= 11 is 0. The van der Waals surface area contributed by atoms with Crippen molar-refractivity contribution >= 4 is 5.91 Å². The molecule has 0 unspecified atom stereocenters. The number of hydrogen-bond acceptors (Lipinski definition) is 4. The van der Waals surface area contributed by atoms with Gasteiger partial charge in [0.1, 0.15) is 23.5 Å². The smallest absolute Gasteiger partial charge is 0.260 e. The van der Waals surface area contributed by atoms with Crippen molar-refractivity contribution in [3.63, 3.8) is 0 Å². The first-order valence-corrected chi connectivity index (χ1v) is 6.71. The molecule has 0 saturated carbocycles. The van der Waals surface area contributed by atoms with Gasteiger partial charge in [0, 0.05) is 18.2 Å². The summed E-state index contributed by atoms with van der Waals surface area (Å²) in [5, 5.41) is 18.0. The molecule has 1 amide bonds. The fourth-order valence-corrected chi connectivity index (χ4v) is 2.19. The summed E-state index contributed by atoms with van der Waals surface area (Å²) in [6.07, 6.45) is 0. The summed E-state index contributed by atoms with van der Waals surface area (Å²) in [5.41, 5.74) is 0.223. The predicted molar refractivity (Wildman–Crippen MR) is 77.3 cm³/mol. The van der Waals surface area contributed by atoms with Gasteiger partial charge in [0.25, 0.3) is 5.91 Å². The number of nitrogens with zero attached hydrogens (tertiary/aromatic N) is 3. The fraction of sp³-hybridized carbons (Fsp3) is 0.438. The maximum absolute atomic E-state index is 12.2. The van der Waals surface area contributed by atoms with Gasteiger partial charge < -0.3 is 9.64 Å². The maximum Gasteiger partial charge on any atom is 0.260 e. The number of nitriles is 2. The van der Waals surface area contributed by atoms with Crippen LogP contribution in [0.2, 0.25) is 0 Å². The van der Waals surface area contributed by atoms with E-state index in [2.05, 4.69) is 6.07 Å². The van der Waals surface area contributed by atoms with Crippen LogP contribution in [-0.4, -0.2) is 29.5 Å².